The highest BCUT2D eigenvalue weighted by atomic mass is 16.2. The van der Waals surface area contributed by atoms with Crippen LogP contribution in [0.5, 0.6) is 0 Å². The molecule has 2 saturated heterocycles. The molecule has 2 aliphatic heterocycles. The molecule has 2 atom stereocenters. The second kappa shape index (κ2) is 5.69. The fourth-order valence-corrected chi connectivity index (χ4v) is 3.92. The summed E-state index contributed by atoms with van der Waals surface area (Å²) in [6.07, 6.45) is 2.58. The van der Waals surface area contributed by atoms with E-state index in [0.717, 1.165) is 19.4 Å². The lowest BCUT2D eigenvalue weighted by Crippen LogP contribution is -2.38. The average Bonchev–Trinajstić information content (AvgIpc) is 3.22. The molecule has 2 aromatic rings. The molecule has 0 aliphatic carbocycles. The predicted octanol–water partition coefficient (Wildman–Crippen LogP) is 2.64. The number of fused-ring (bicyclic) bond motifs is 1. The van der Waals surface area contributed by atoms with Crippen LogP contribution in [-0.4, -0.2) is 29.8 Å². The van der Waals surface area contributed by atoms with Crippen LogP contribution in [0.1, 0.15) is 30.9 Å². The number of nitrogens with one attached hydrogen (secondary N) is 1. The average molecular weight is 308 g/mol. The fourth-order valence-electron chi connectivity index (χ4n) is 3.92. The molecule has 2 unspecified atom stereocenters. The van der Waals surface area contributed by atoms with E-state index in [4.69, 9.17) is 0 Å². The molecule has 118 valence electrons. The Balaban J connectivity index is 1.70. The maximum Gasteiger partial charge on any atom is 0.235 e. The quantitative estimate of drug-likeness (QED) is 0.867. The van der Waals surface area contributed by atoms with Crippen molar-refractivity contribution in [2.24, 2.45) is 5.92 Å². The minimum Gasteiger partial charge on any atom is -0.355 e. The van der Waals surface area contributed by atoms with Crippen LogP contribution in [0.4, 0.5) is 0 Å². The standard InChI is InChI=1S/C19H20N2O2/c22-18-16(10-11-20-18)19(23)21-12-4-9-17(21)15-8-3-6-13-5-1-2-7-14(13)15/h1-3,5-8,16-17H,4,9-12H2,(H,20,22). The van der Waals surface area contributed by atoms with Crippen molar-refractivity contribution in [1.29, 1.82) is 0 Å². The molecule has 4 rings (SSSR count). The van der Waals surface area contributed by atoms with Gasteiger partial charge in [-0.05, 0) is 35.6 Å². The molecule has 2 aliphatic rings. The lowest BCUT2D eigenvalue weighted by molar-refractivity contribution is -0.141. The van der Waals surface area contributed by atoms with Crippen LogP contribution in [0.3, 0.4) is 0 Å². The monoisotopic (exact) mass is 308 g/mol. The third kappa shape index (κ3) is 2.38. The molecule has 0 radical (unpaired) electrons. The largest absolute Gasteiger partial charge is 0.355 e. The van der Waals surface area contributed by atoms with Gasteiger partial charge >= 0.3 is 0 Å². The molecule has 4 nitrogen and oxygen atoms in total. The van der Waals surface area contributed by atoms with E-state index >= 15 is 0 Å². The Morgan fingerprint density at radius 1 is 1.09 bits per heavy atom. The van der Waals surface area contributed by atoms with Gasteiger partial charge < -0.3 is 10.2 Å². The first kappa shape index (κ1) is 14.2. The van der Waals surface area contributed by atoms with E-state index in [1.807, 2.05) is 17.0 Å². The number of benzene rings is 2. The summed E-state index contributed by atoms with van der Waals surface area (Å²) in [5.74, 6) is -0.611. The van der Waals surface area contributed by atoms with Crippen molar-refractivity contribution in [3.05, 3.63) is 48.0 Å². The van der Waals surface area contributed by atoms with Gasteiger partial charge in [0.2, 0.25) is 11.8 Å². The summed E-state index contributed by atoms with van der Waals surface area (Å²) in [6.45, 7) is 1.36. The number of rotatable bonds is 2. The van der Waals surface area contributed by atoms with Gasteiger partial charge in [-0.3, -0.25) is 9.59 Å². The SMILES string of the molecule is O=C1NCCC1C(=O)N1CCCC1c1cccc2ccccc12. The number of amides is 2. The van der Waals surface area contributed by atoms with Crippen molar-refractivity contribution in [3.63, 3.8) is 0 Å². The summed E-state index contributed by atoms with van der Waals surface area (Å²) in [7, 11) is 0. The lowest BCUT2D eigenvalue weighted by Gasteiger charge is -2.28. The van der Waals surface area contributed by atoms with Crippen LogP contribution < -0.4 is 5.32 Å². The zero-order valence-corrected chi connectivity index (χ0v) is 13.0. The van der Waals surface area contributed by atoms with E-state index in [1.165, 1.54) is 16.3 Å². The molecule has 2 heterocycles. The Labute approximate surface area is 135 Å². The van der Waals surface area contributed by atoms with Crippen LogP contribution >= 0.6 is 0 Å². The number of hydrogen-bond acceptors (Lipinski definition) is 2. The Hall–Kier alpha value is -2.36. The molecule has 23 heavy (non-hydrogen) atoms. The Kier molecular flexibility index (Phi) is 3.52. The summed E-state index contributed by atoms with van der Waals surface area (Å²) < 4.78 is 0. The van der Waals surface area contributed by atoms with Gasteiger partial charge in [0.1, 0.15) is 5.92 Å². The highest BCUT2D eigenvalue weighted by Crippen LogP contribution is 2.37. The van der Waals surface area contributed by atoms with Crippen LogP contribution in [0, 0.1) is 5.92 Å². The van der Waals surface area contributed by atoms with E-state index in [9.17, 15) is 9.59 Å². The molecule has 0 spiro atoms. The Bertz CT molecular complexity index is 766. The number of carbonyl (C=O) groups excluding carboxylic acids is 2. The summed E-state index contributed by atoms with van der Waals surface area (Å²) in [5, 5.41) is 5.17. The minimum absolute atomic E-state index is 0.00423. The molecule has 0 saturated carbocycles. The van der Waals surface area contributed by atoms with Gasteiger partial charge in [0.15, 0.2) is 0 Å². The highest BCUT2D eigenvalue weighted by molar-refractivity contribution is 6.02. The summed E-state index contributed by atoms with van der Waals surface area (Å²) >= 11 is 0. The van der Waals surface area contributed by atoms with Crippen molar-refractivity contribution in [3.8, 4) is 0 Å². The van der Waals surface area contributed by atoms with Gasteiger partial charge in [0, 0.05) is 13.1 Å². The number of likely N-dealkylation sites (tertiary alicyclic amines) is 1. The zero-order valence-electron chi connectivity index (χ0n) is 13.0. The molecule has 4 heteroatoms. The van der Waals surface area contributed by atoms with Crippen LogP contribution in [-0.2, 0) is 9.59 Å². The molecule has 1 N–H and O–H groups in total. The maximum atomic E-state index is 12.8. The molecular formula is C19H20N2O2. The van der Waals surface area contributed by atoms with Crippen molar-refractivity contribution in [2.45, 2.75) is 25.3 Å². The molecule has 0 bridgehead atoms. The van der Waals surface area contributed by atoms with E-state index in [2.05, 4.69) is 35.6 Å². The molecule has 2 fully saturated rings. The van der Waals surface area contributed by atoms with E-state index in [1.54, 1.807) is 0 Å². The first-order chi connectivity index (χ1) is 11.3. The van der Waals surface area contributed by atoms with Crippen molar-refractivity contribution >= 4 is 22.6 Å². The van der Waals surface area contributed by atoms with Gasteiger partial charge in [-0.15, -0.1) is 0 Å². The van der Waals surface area contributed by atoms with E-state index in [0.29, 0.717) is 13.0 Å². The number of hydrogen-bond donors (Lipinski definition) is 1. The summed E-state index contributed by atoms with van der Waals surface area (Å²) in [5.41, 5.74) is 1.20. The summed E-state index contributed by atoms with van der Waals surface area (Å²) in [4.78, 5) is 26.6. The maximum absolute atomic E-state index is 12.8. The van der Waals surface area contributed by atoms with E-state index < -0.39 is 5.92 Å². The van der Waals surface area contributed by atoms with Gasteiger partial charge in [-0.25, -0.2) is 0 Å². The fraction of sp³-hybridized carbons (Fsp3) is 0.368. The molecule has 2 amide bonds. The van der Waals surface area contributed by atoms with Gasteiger partial charge in [-0.1, -0.05) is 42.5 Å². The molecule has 2 aromatic carbocycles. The number of carbonyl (C=O) groups is 2. The Morgan fingerprint density at radius 3 is 2.74 bits per heavy atom. The lowest BCUT2D eigenvalue weighted by atomic mass is 9.96. The second-order valence-electron chi connectivity index (χ2n) is 6.39. The molecular weight excluding hydrogens is 288 g/mol. The summed E-state index contributed by atoms with van der Waals surface area (Å²) in [6, 6.07) is 14.7. The smallest absolute Gasteiger partial charge is 0.235 e. The van der Waals surface area contributed by atoms with Crippen LogP contribution in [0.15, 0.2) is 42.5 Å². The highest BCUT2D eigenvalue weighted by Gasteiger charge is 2.39. The van der Waals surface area contributed by atoms with Gasteiger partial charge in [-0.2, -0.15) is 0 Å². The predicted molar refractivity (Wildman–Crippen MR) is 88.8 cm³/mol. The van der Waals surface area contributed by atoms with E-state index in [-0.39, 0.29) is 17.9 Å². The van der Waals surface area contributed by atoms with Crippen molar-refractivity contribution in [2.75, 3.05) is 13.1 Å². The zero-order chi connectivity index (χ0) is 15.8. The van der Waals surface area contributed by atoms with Crippen molar-refractivity contribution in [1.82, 2.24) is 10.2 Å². The van der Waals surface area contributed by atoms with Crippen LogP contribution in [0.2, 0.25) is 0 Å². The third-order valence-corrected chi connectivity index (χ3v) is 5.07. The van der Waals surface area contributed by atoms with Gasteiger partial charge in [0.25, 0.3) is 0 Å². The molecule has 0 aromatic heterocycles. The third-order valence-electron chi connectivity index (χ3n) is 5.07. The topological polar surface area (TPSA) is 49.4 Å². The normalized spacial score (nSPS) is 24.2. The van der Waals surface area contributed by atoms with Crippen LogP contribution in [0.25, 0.3) is 10.8 Å². The first-order valence-corrected chi connectivity index (χ1v) is 8.31. The van der Waals surface area contributed by atoms with Crippen molar-refractivity contribution < 1.29 is 9.59 Å². The second-order valence-corrected chi connectivity index (χ2v) is 6.39. The minimum atomic E-state index is -0.495. The first-order valence-electron chi connectivity index (χ1n) is 8.31. The Morgan fingerprint density at radius 2 is 1.91 bits per heavy atom. The number of nitrogens with zero attached hydrogens (tertiary/aromatic N) is 1. The van der Waals surface area contributed by atoms with Gasteiger partial charge in [0.05, 0.1) is 6.04 Å².